The van der Waals surface area contributed by atoms with Gasteiger partial charge in [0.15, 0.2) is 5.82 Å². The van der Waals surface area contributed by atoms with Gasteiger partial charge in [0.05, 0.1) is 26.7 Å². The van der Waals surface area contributed by atoms with Crippen LogP contribution in [0.5, 0.6) is 0 Å². The van der Waals surface area contributed by atoms with Crippen LogP contribution in [-0.2, 0) is 20.0 Å². The quantitative estimate of drug-likeness (QED) is 0.449. The molecule has 0 spiro atoms. The van der Waals surface area contributed by atoms with Crippen LogP contribution in [0.25, 0.3) is 17.1 Å². The number of halogens is 3. The Morgan fingerprint density at radius 1 is 1.27 bits per heavy atom. The van der Waals surface area contributed by atoms with Crippen molar-refractivity contribution in [3.05, 3.63) is 59.1 Å². The first-order valence-electron chi connectivity index (χ1n) is 12.3. The average Bonchev–Trinajstić information content (AvgIpc) is 3.37. The number of alkyl halides is 1. The summed E-state index contributed by atoms with van der Waals surface area (Å²) < 4.78 is 54.2. The van der Waals surface area contributed by atoms with Gasteiger partial charge in [-0.25, -0.2) is 31.8 Å². The molecule has 1 aliphatic heterocycles. The molecule has 14 heteroatoms. The van der Waals surface area contributed by atoms with Crippen molar-refractivity contribution < 1.29 is 22.5 Å². The molecule has 2 atom stereocenters. The largest absolute Gasteiger partial charge is 0.444 e. The Bertz CT molecular complexity index is 1590. The highest BCUT2D eigenvalue weighted by atomic mass is 35.5. The van der Waals surface area contributed by atoms with Gasteiger partial charge in [0, 0.05) is 24.4 Å². The Labute approximate surface area is 236 Å². The first kappa shape index (κ1) is 29.5. The molecule has 0 radical (unpaired) electrons. The summed E-state index contributed by atoms with van der Waals surface area (Å²) in [5.74, 6) is -0.856. The maximum absolute atomic E-state index is 15.4. The van der Waals surface area contributed by atoms with Crippen molar-refractivity contribution in [3.8, 4) is 17.1 Å². The summed E-state index contributed by atoms with van der Waals surface area (Å²) in [6, 6.07) is 7.31. The number of amidine groups is 1. The SMILES string of the molecule is CN=[S@@]1(=O)C[C@@](CF)(c2cc(-c3cn(-c4ccc(Cl)cn4)nn3)ccc2F)N=C(NC(=O)OC(C)(C)C)C1(C)C. The van der Waals surface area contributed by atoms with Crippen LogP contribution in [0.3, 0.4) is 0 Å². The lowest BCUT2D eigenvalue weighted by Crippen LogP contribution is -2.59. The number of ether oxygens (including phenoxy) is 1. The van der Waals surface area contributed by atoms with E-state index in [1.54, 1.807) is 52.9 Å². The number of rotatable bonds is 4. The predicted molar refractivity (Wildman–Crippen MR) is 149 cm³/mol. The molecule has 1 N–H and O–H groups in total. The monoisotopic (exact) mass is 593 g/mol. The Balaban J connectivity index is 1.82. The third-order valence-electron chi connectivity index (χ3n) is 6.47. The minimum absolute atomic E-state index is 0.120. The van der Waals surface area contributed by atoms with E-state index >= 15 is 8.78 Å². The van der Waals surface area contributed by atoms with Crippen molar-refractivity contribution in [2.75, 3.05) is 19.5 Å². The van der Waals surface area contributed by atoms with E-state index in [2.05, 4.69) is 30.0 Å². The summed E-state index contributed by atoms with van der Waals surface area (Å²) in [7, 11) is -1.93. The molecule has 1 amide bonds. The molecule has 0 saturated heterocycles. The van der Waals surface area contributed by atoms with Crippen LogP contribution in [-0.4, -0.2) is 65.9 Å². The summed E-state index contributed by atoms with van der Waals surface area (Å²) in [5.41, 5.74) is -2.20. The summed E-state index contributed by atoms with van der Waals surface area (Å²) in [5, 5.41) is 11.2. The van der Waals surface area contributed by atoms with Gasteiger partial charge in [-0.1, -0.05) is 16.8 Å². The van der Waals surface area contributed by atoms with Gasteiger partial charge in [-0.05, 0) is 65.0 Å². The molecule has 2 aromatic heterocycles. The van der Waals surface area contributed by atoms with Crippen molar-refractivity contribution in [1.29, 1.82) is 0 Å². The van der Waals surface area contributed by atoms with Gasteiger partial charge in [-0.3, -0.25) is 10.3 Å². The summed E-state index contributed by atoms with van der Waals surface area (Å²) in [4.78, 5) is 21.4. The summed E-state index contributed by atoms with van der Waals surface area (Å²) in [6.07, 6.45) is 2.16. The zero-order valence-electron chi connectivity index (χ0n) is 22.9. The van der Waals surface area contributed by atoms with Crippen LogP contribution in [0, 0.1) is 5.82 Å². The van der Waals surface area contributed by atoms with Crippen LogP contribution in [0.4, 0.5) is 13.6 Å². The fraction of sp³-hybridized carbons (Fsp3) is 0.423. The topological polar surface area (TPSA) is 124 Å². The number of benzene rings is 1. The van der Waals surface area contributed by atoms with E-state index in [0.717, 1.165) is 6.07 Å². The number of carbonyl (C=O) groups is 1. The average molecular weight is 594 g/mol. The smallest absolute Gasteiger partial charge is 0.413 e. The molecule has 10 nitrogen and oxygen atoms in total. The number of aliphatic imine (C=N–C) groups is 1. The van der Waals surface area contributed by atoms with Crippen LogP contribution >= 0.6 is 11.6 Å². The van der Waals surface area contributed by atoms with Gasteiger partial charge in [-0.2, -0.15) is 0 Å². The Hall–Kier alpha value is -3.45. The molecular weight excluding hydrogens is 564 g/mol. The highest BCUT2D eigenvalue weighted by Gasteiger charge is 2.51. The van der Waals surface area contributed by atoms with Crippen molar-refractivity contribution in [2.45, 2.75) is 50.5 Å². The second-order valence-corrected chi connectivity index (χ2v) is 14.2. The minimum atomic E-state index is -3.28. The number of hydrogen-bond donors (Lipinski definition) is 1. The predicted octanol–water partition coefficient (Wildman–Crippen LogP) is 5.10. The molecule has 0 fully saturated rings. The number of pyridine rings is 1. The molecular formula is C26H30ClF2N7O3S. The van der Waals surface area contributed by atoms with Crippen LogP contribution in [0.2, 0.25) is 5.02 Å². The fourth-order valence-corrected chi connectivity index (χ4v) is 6.64. The van der Waals surface area contributed by atoms with Gasteiger partial charge >= 0.3 is 6.09 Å². The second kappa shape index (κ2) is 10.5. The van der Waals surface area contributed by atoms with Crippen molar-refractivity contribution in [1.82, 2.24) is 25.3 Å². The lowest BCUT2D eigenvalue weighted by atomic mass is 9.90. The summed E-state index contributed by atoms with van der Waals surface area (Å²) in [6.45, 7) is 6.98. The molecule has 1 aromatic carbocycles. The van der Waals surface area contributed by atoms with E-state index in [9.17, 15) is 9.00 Å². The molecule has 4 rings (SSSR count). The number of amides is 1. The fourth-order valence-electron chi connectivity index (χ4n) is 4.24. The molecule has 40 heavy (non-hydrogen) atoms. The van der Waals surface area contributed by atoms with Crippen molar-refractivity contribution >= 4 is 33.3 Å². The van der Waals surface area contributed by atoms with Gasteiger partial charge in [0.25, 0.3) is 0 Å². The molecule has 214 valence electrons. The van der Waals surface area contributed by atoms with Gasteiger partial charge < -0.3 is 4.74 Å². The third kappa shape index (κ3) is 5.57. The number of alkyl carbamates (subject to hydrolysis) is 1. The Morgan fingerprint density at radius 3 is 2.60 bits per heavy atom. The first-order chi connectivity index (χ1) is 18.6. The first-order valence-corrected chi connectivity index (χ1v) is 14.3. The van der Waals surface area contributed by atoms with Crippen LogP contribution in [0.15, 0.2) is 52.1 Å². The second-order valence-electron chi connectivity index (χ2n) is 10.8. The lowest BCUT2D eigenvalue weighted by molar-refractivity contribution is 0.0560. The zero-order valence-corrected chi connectivity index (χ0v) is 24.5. The normalized spacial score (nSPS) is 22.4. The number of nitrogens with one attached hydrogen (secondary N) is 1. The number of carbonyl (C=O) groups excluding carboxylic acids is 1. The number of hydrogen-bond acceptors (Lipinski definition) is 8. The molecule has 1 aliphatic rings. The Morgan fingerprint density at radius 2 is 2.00 bits per heavy atom. The lowest BCUT2D eigenvalue weighted by Gasteiger charge is -2.42. The molecule has 0 aliphatic carbocycles. The maximum atomic E-state index is 15.4. The van der Waals surface area contributed by atoms with E-state index in [4.69, 9.17) is 16.3 Å². The molecule has 0 saturated carbocycles. The van der Waals surface area contributed by atoms with Gasteiger partial charge in [0.2, 0.25) is 0 Å². The third-order valence-corrected chi connectivity index (χ3v) is 9.94. The highest BCUT2D eigenvalue weighted by molar-refractivity contribution is 7.95. The zero-order chi connectivity index (χ0) is 29.5. The molecule has 3 aromatic rings. The maximum Gasteiger partial charge on any atom is 0.413 e. The van der Waals surface area contributed by atoms with E-state index < -0.39 is 50.0 Å². The highest BCUT2D eigenvalue weighted by Crippen LogP contribution is 2.41. The summed E-state index contributed by atoms with van der Waals surface area (Å²) >= 11 is 5.91. The standard InChI is InChI=1S/C26H30ClF2N7O3S/c1-24(2,3)39-23(37)32-22-25(4,5)40(38,30-6)15-26(14-28,33-22)18-11-16(7-9-19(18)29)20-13-36(35-34-20)21-10-8-17(27)12-31-21/h7-13H,14-15H2,1-6H3,(H,32,33,37)/t26-,40+/m0/s1. The van der Waals surface area contributed by atoms with Crippen LogP contribution in [0.1, 0.15) is 40.2 Å². The number of nitrogens with zero attached hydrogens (tertiary/aromatic N) is 6. The number of aromatic nitrogens is 4. The molecule has 0 unspecified atom stereocenters. The van der Waals surface area contributed by atoms with Crippen LogP contribution < -0.4 is 5.32 Å². The van der Waals surface area contributed by atoms with E-state index in [1.165, 1.54) is 30.1 Å². The van der Waals surface area contributed by atoms with Crippen molar-refractivity contribution in [2.24, 2.45) is 9.36 Å². The van der Waals surface area contributed by atoms with E-state index in [-0.39, 0.29) is 11.4 Å². The molecule has 0 bridgehead atoms. The van der Waals surface area contributed by atoms with E-state index in [0.29, 0.717) is 22.1 Å². The minimum Gasteiger partial charge on any atom is -0.444 e. The van der Waals surface area contributed by atoms with Gasteiger partial charge in [0.1, 0.15) is 39.9 Å². The molecule has 3 heterocycles. The van der Waals surface area contributed by atoms with Crippen molar-refractivity contribution in [3.63, 3.8) is 0 Å². The Kier molecular flexibility index (Phi) is 7.76. The van der Waals surface area contributed by atoms with Gasteiger partial charge in [-0.15, -0.1) is 5.10 Å². The van der Waals surface area contributed by atoms with E-state index in [1.807, 2.05) is 0 Å².